The van der Waals surface area contributed by atoms with Gasteiger partial charge < -0.3 is 4.90 Å². The molecular weight excluding hydrogens is 623 g/mol. The monoisotopic (exact) mass is 655 g/mol. The second-order valence-electron chi connectivity index (χ2n) is 12.5. The molecule has 0 bridgehead atoms. The van der Waals surface area contributed by atoms with E-state index in [0.29, 0.717) is 0 Å². The molecule has 236 valence electrons. The van der Waals surface area contributed by atoms with Crippen LogP contribution in [-0.4, -0.2) is 0 Å². The molecule has 0 spiro atoms. The van der Waals surface area contributed by atoms with Gasteiger partial charge in [-0.2, -0.15) is 0 Å². The van der Waals surface area contributed by atoms with Crippen molar-refractivity contribution >= 4 is 48.6 Å². The van der Waals surface area contributed by atoms with Crippen molar-refractivity contribution in [1.82, 2.24) is 0 Å². The first-order chi connectivity index (χ1) is 24.8. The van der Waals surface area contributed by atoms with Crippen molar-refractivity contribution in [3.05, 3.63) is 200 Å². The third-order valence-corrected chi connectivity index (χ3v) is 10.6. The number of fused-ring (bicyclic) bond motifs is 3. The quantitative estimate of drug-likeness (QED) is 0.165. The molecule has 9 aromatic rings. The third kappa shape index (κ3) is 5.56. The van der Waals surface area contributed by atoms with E-state index < -0.39 is 0 Å². The second kappa shape index (κ2) is 13.0. The molecule has 1 aromatic heterocycles. The maximum atomic E-state index is 2.48. The SMILES string of the molecule is c1ccc(-c2ccc(N(c3cccc(-c4ccccc4)c3)c3c(-c4cccc(-c5ccccc5)c4)ccc4sc5ccccc5c34)cc2)cc1. The summed E-state index contributed by atoms with van der Waals surface area (Å²) < 4.78 is 2.56. The summed E-state index contributed by atoms with van der Waals surface area (Å²) in [6, 6.07) is 72.4. The largest absolute Gasteiger partial charge is 0.309 e. The van der Waals surface area contributed by atoms with Gasteiger partial charge in [0.1, 0.15) is 0 Å². The van der Waals surface area contributed by atoms with Gasteiger partial charge in [0.2, 0.25) is 0 Å². The molecular formula is C48H33NS. The lowest BCUT2D eigenvalue weighted by atomic mass is 9.94. The second-order valence-corrected chi connectivity index (χ2v) is 13.6. The molecule has 0 unspecified atom stereocenters. The molecule has 0 saturated heterocycles. The number of thiophene rings is 1. The minimum absolute atomic E-state index is 1.11. The van der Waals surface area contributed by atoms with E-state index in [2.05, 4.69) is 205 Å². The highest BCUT2D eigenvalue weighted by molar-refractivity contribution is 7.26. The van der Waals surface area contributed by atoms with Crippen molar-refractivity contribution in [2.24, 2.45) is 0 Å². The standard InChI is InChI=1S/C48H33NS/c1-4-14-34(15-5-1)37-26-28-41(29-27-37)49(42-23-13-21-39(33-42)36-18-8-3-9-19-36)48-43(30-31-46-47(48)44-24-10-11-25-45(44)50-46)40-22-12-20-38(32-40)35-16-6-2-7-17-35/h1-33H. The maximum Gasteiger partial charge on any atom is 0.0633 e. The van der Waals surface area contributed by atoms with E-state index in [1.54, 1.807) is 0 Å². The van der Waals surface area contributed by atoms with Crippen LogP contribution in [-0.2, 0) is 0 Å². The molecule has 0 fully saturated rings. The molecule has 1 nitrogen and oxygen atoms in total. The zero-order valence-corrected chi connectivity index (χ0v) is 28.2. The first-order valence-corrected chi connectivity index (χ1v) is 17.8. The number of rotatable bonds is 7. The summed E-state index contributed by atoms with van der Waals surface area (Å²) in [6.07, 6.45) is 0. The van der Waals surface area contributed by atoms with Crippen molar-refractivity contribution < 1.29 is 0 Å². The molecule has 2 heteroatoms. The Kier molecular flexibility index (Phi) is 7.77. The van der Waals surface area contributed by atoms with E-state index >= 15 is 0 Å². The van der Waals surface area contributed by atoms with Crippen LogP contribution < -0.4 is 4.90 Å². The van der Waals surface area contributed by atoms with E-state index in [1.165, 1.54) is 70.4 Å². The maximum absolute atomic E-state index is 2.48. The van der Waals surface area contributed by atoms with Crippen LogP contribution in [0.2, 0.25) is 0 Å². The molecule has 0 aliphatic heterocycles. The third-order valence-electron chi connectivity index (χ3n) is 9.46. The molecule has 0 amide bonds. The fourth-order valence-electron chi connectivity index (χ4n) is 7.06. The lowest BCUT2D eigenvalue weighted by molar-refractivity contribution is 1.30. The van der Waals surface area contributed by atoms with Gasteiger partial charge in [-0.05, 0) is 81.4 Å². The Labute approximate surface area is 297 Å². The van der Waals surface area contributed by atoms with Gasteiger partial charge in [-0.25, -0.2) is 0 Å². The average molecular weight is 656 g/mol. The lowest BCUT2D eigenvalue weighted by Crippen LogP contribution is -2.12. The van der Waals surface area contributed by atoms with Crippen molar-refractivity contribution in [1.29, 1.82) is 0 Å². The first-order valence-electron chi connectivity index (χ1n) is 17.0. The number of anilines is 3. The highest BCUT2D eigenvalue weighted by atomic mass is 32.1. The summed E-state index contributed by atoms with van der Waals surface area (Å²) in [5, 5.41) is 2.54. The summed E-state index contributed by atoms with van der Waals surface area (Å²) in [7, 11) is 0. The van der Waals surface area contributed by atoms with Crippen LogP contribution >= 0.6 is 11.3 Å². The average Bonchev–Trinajstić information content (AvgIpc) is 3.59. The molecule has 0 radical (unpaired) electrons. The van der Waals surface area contributed by atoms with Crippen molar-refractivity contribution in [3.63, 3.8) is 0 Å². The Morgan fingerprint density at radius 3 is 1.52 bits per heavy atom. The molecule has 0 aliphatic carbocycles. The van der Waals surface area contributed by atoms with Crippen LogP contribution in [0.5, 0.6) is 0 Å². The topological polar surface area (TPSA) is 3.24 Å². The zero-order chi connectivity index (χ0) is 33.3. The molecule has 0 atom stereocenters. The molecule has 9 rings (SSSR count). The van der Waals surface area contributed by atoms with Crippen molar-refractivity contribution in [2.45, 2.75) is 0 Å². The van der Waals surface area contributed by atoms with E-state index in [4.69, 9.17) is 0 Å². The fraction of sp³-hybridized carbons (Fsp3) is 0. The van der Waals surface area contributed by atoms with E-state index in [0.717, 1.165) is 11.4 Å². The number of hydrogen-bond acceptors (Lipinski definition) is 2. The Balaban J connectivity index is 1.33. The molecule has 8 aromatic carbocycles. The van der Waals surface area contributed by atoms with Gasteiger partial charge >= 0.3 is 0 Å². The summed E-state index contributed by atoms with van der Waals surface area (Å²) in [4.78, 5) is 2.48. The van der Waals surface area contributed by atoms with Crippen LogP contribution in [0.3, 0.4) is 0 Å². The predicted molar refractivity (Wildman–Crippen MR) is 216 cm³/mol. The highest BCUT2D eigenvalue weighted by Crippen LogP contribution is 2.50. The van der Waals surface area contributed by atoms with Crippen molar-refractivity contribution in [3.8, 4) is 44.5 Å². The Morgan fingerprint density at radius 1 is 0.320 bits per heavy atom. The minimum Gasteiger partial charge on any atom is -0.309 e. The van der Waals surface area contributed by atoms with Gasteiger partial charge in [0.25, 0.3) is 0 Å². The van der Waals surface area contributed by atoms with Crippen LogP contribution in [0, 0.1) is 0 Å². The fourth-order valence-corrected chi connectivity index (χ4v) is 8.17. The van der Waals surface area contributed by atoms with Gasteiger partial charge in [0.15, 0.2) is 0 Å². The summed E-state index contributed by atoms with van der Waals surface area (Å²) in [6.45, 7) is 0. The van der Waals surface area contributed by atoms with Gasteiger partial charge in [0, 0.05) is 37.1 Å². The highest BCUT2D eigenvalue weighted by Gasteiger charge is 2.23. The molecule has 1 heterocycles. The molecule has 50 heavy (non-hydrogen) atoms. The normalized spacial score (nSPS) is 11.2. The lowest BCUT2D eigenvalue weighted by Gasteiger charge is -2.29. The molecule has 0 N–H and O–H groups in total. The van der Waals surface area contributed by atoms with Crippen LogP contribution in [0.1, 0.15) is 0 Å². The summed E-state index contributed by atoms with van der Waals surface area (Å²) in [5.41, 5.74) is 13.0. The summed E-state index contributed by atoms with van der Waals surface area (Å²) in [5.74, 6) is 0. The van der Waals surface area contributed by atoms with E-state index in [9.17, 15) is 0 Å². The van der Waals surface area contributed by atoms with Gasteiger partial charge in [-0.15, -0.1) is 11.3 Å². The molecule has 0 aliphatic rings. The number of benzene rings is 8. The Bertz CT molecular complexity index is 2570. The summed E-state index contributed by atoms with van der Waals surface area (Å²) >= 11 is 1.86. The zero-order valence-electron chi connectivity index (χ0n) is 27.4. The van der Waals surface area contributed by atoms with E-state index in [-0.39, 0.29) is 0 Å². The smallest absolute Gasteiger partial charge is 0.0633 e. The molecule has 0 saturated carbocycles. The van der Waals surface area contributed by atoms with Gasteiger partial charge in [-0.1, -0.05) is 158 Å². The number of nitrogens with zero attached hydrogens (tertiary/aromatic N) is 1. The van der Waals surface area contributed by atoms with Crippen LogP contribution in [0.25, 0.3) is 64.7 Å². The number of hydrogen-bond donors (Lipinski definition) is 0. The Hall–Kier alpha value is -6.22. The van der Waals surface area contributed by atoms with Crippen molar-refractivity contribution in [2.75, 3.05) is 4.90 Å². The predicted octanol–water partition coefficient (Wildman–Crippen LogP) is 14.2. The minimum atomic E-state index is 1.11. The van der Waals surface area contributed by atoms with Crippen LogP contribution in [0.4, 0.5) is 17.1 Å². The van der Waals surface area contributed by atoms with E-state index in [1.807, 2.05) is 11.3 Å². The first kappa shape index (κ1) is 29.9. The van der Waals surface area contributed by atoms with Crippen LogP contribution in [0.15, 0.2) is 200 Å². The van der Waals surface area contributed by atoms with Gasteiger partial charge in [-0.3, -0.25) is 0 Å². The Morgan fingerprint density at radius 2 is 0.840 bits per heavy atom. The van der Waals surface area contributed by atoms with Gasteiger partial charge in [0.05, 0.1) is 5.69 Å².